The van der Waals surface area contributed by atoms with Crippen molar-refractivity contribution in [2.24, 2.45) is 0 Å². The molecule has 0 saturated heterocycles. The lowest BCUT2D eigenvalue weighted by atomic mass is 9.78. The first-order chi connectivity index (χ1) is 10.1. The van der Waals surface area contributed by atoms with Crippen LogP contribution in [-0.4, -0.2) is 26.2 Å². The van der Waals surface area contributed by atoms with E-state index in [4.69, 9.17) is 12.2 Å². The van der Waals surface area contributed by atoms with Gasteiger partial charge >= 0.3 is 0 Å². The summed E-state index contributed by atoms with van der Waals surface area (Å²) in [6.07, 6.45) is 3.77. The summed E-state index contributed by atoms with van der Waals surface area (Å²) >= 11 is 6.87. The standard InChI is InChI=1S/C14H18N4OS2/c1-14(6-3-7-14)15-11(19)5-8-18-12(16-17-13(18)20)10-4-2-9-21-10/h2,4,9H,3,5-8H2,1H3,(H,15,19)(H,17,20). The van der Waals surface area contributed by atoms with Gasteiger partial charge in [-0.1, -0.05) is 6.07 Å². The highest BCUT2D eigenvalue weighted by Crippen LogP contribution is 2.31. The molecule has 0 atom stereocenters. The van der Waals surface area contributed by atoms with E-state index in [2.05, 4.69) is 22.4 Å². The number of hydrogen-bond acceptors (Lipinski definition) is 4. The Morgan fingerprint density at radius 3 is 3.05 bits per heavy atom. The lowest BCUT2D eigenvalue weighted by Crippen LogP contribution is -2.51. The van der Waals surface area contributed by atoms with Gasteiger partial charge in [0, 0.05) is 18.5 Å². The molecule has 21 heavy (non-hydrogen) atoms. The molecule has 2 N–H and O–H groups in total. The molecule has 1 amide bonds. The van der Waals surface area contributed by atoms with Gasteiger partial charge in [-0.3, -0.25) is 14.5 Å². The predicted molar refractivity (Wildman–Crippen MR) is 85.7 cm³/mol. The van der Waals surface area contributed by atoms with E-state index in [1.54, 1.807) is 11.3 Å². The SMILES string of the molecule is CC1(NC(=O)CCn2c(-c3cccs3)n[nH]c2=S)CCC1. The summed E-state index contributed by atoms with van der Waals surface area (Å²) in [6, 6.07) is 3.98. The van der Waals surface area contributed by atoms with E-state index in [0.717, 1.165) is 23.5 Å². The topological polar surface area (TPSA) is 62.7 Å². The molecule has 2 heterocycles. The van der Waals surface area contributed by atoms with Crippen LogP contribution < -0.4 is 5.32 Å². The maximum absolute atomic E-state index is 12.1. The largest absolute Gasteiger partial charge is 0.351 e. The van der Waals surface area contributed by atoms with Gasteiger partial charge in [0.05, 0.1) is 4.88 Å². The maximum Gasteiger partial charge on any atom is 0.222 e. The highest BCUT2D eigenvalue weighted by molar-refractivity contribution is 7.71. The summed E-state index contributed by atoms with van der Waals surface area (Å²) in [4.78, 5) is 13.1. The van der Waals surface area contributed by atoms with Crippen LogP contribution in [0.4, 0.5) is 0 Å². The van der Waals surface area contributed by atoms with Crippen molar-refractivity contribution in [3.8, 4) is 10.7 Å². The van der Waals surface area contributed by atoms with Gasteiger partial charge in [0.2, 0.25) is 5.91 Å². The zero-order valence-electron chi connectivity index (χ0n) is 11.9. The normalized spacial score (nSPS) is 16.4. The summed E-state index contributed by atoms with van der Waals surface area (Å²) < 4.78 is 2.45. The van der Waals surface area contributed by atoms with Crippen molar-refractivity contribution < 1.29 is 4.79 Å². The van der Waals surface area contributed by atoms with Gasteiger partial charge in [-0.05, 0) is 49.9 Å². The third-order valence-corrected chi connectivity index (χ3v) is 5.14. The van der Waals surface area contributed by atoms with Crippen molar-refractivity contribution in [1.82, 2.24) is 20.1 Å². The van der Waals surface area contributed by atoms with Crippen LogP contribution in [0.2, 0.25) is 0 Å². The van der Waals surface area contributed by atoms with E-state index in [1.165, 1.54) is 6.42 Å². The quantitative estimate of drug-likeness (QED) is 0.831. The van der Waals surface area contributed by atoms with Crippen LogP contribution in [0.5, 0.6) is 0 Å². The predicted octanol–water partition coefficient (Wildman–Crippen LogP) is 3.12. The smallest absolute Gasteiger partial charge is 0.222 e. The van der Waals surface area contributed by atoms with Gasteiger partial charge < -0.3 is 5.32 Å². The van der Waals surface area contributed by atoms with Crippen LogP contribution in [0.15, 0.2) is 17.5 Å². The number of nitrogens with zero attached hydrogens (tertiary/aromatic N) is 2. The third kappa shape index (κ3) is 3.08. The second-order valence-corrected chi connectivity index (χ2v) is 7.03. The Balaban J connectivity index is 1.67. The molecule has 0 aliphatic heterocycles. The number of aromatic amines is 1. The molecule has 112 valence electrons. The molecule has 2 aromatic heterocycles. The molecule has 1 aliphatic rings. The van der Waals surface area contributed by atoms with Crippen molar-refractivity contribution >= 4 is 29.5 Å². The fourth-order valence-corrected chi connectivity index (χ4v) is 3.51. The minimum absolute atomic E-state index is 0.00548. The minimum atomic E-state index is 0.00548. The van der Waals surface area contributed by atoms with E-state index < -0.39 is 0 Å². The molecule has 1 aliphatic carbocycles. The first-order valence-electron chi connectivity index (χ1n) is 7.07. The second-order valence-electron chi connectivity index (χ2n) is 5.69. The summed E-state index contributed by atoms with van der Waals surface area (Å²) in [5.41, 5.74) is 0.00548. The molecule has 1 saturated carbocycles. The number of amides is 1. The van der Waals surface area contributed by atoms with Gasteiger partial charge in [0.1, 0.15) is 0 Å². The van der Waals surface area contributed by atoms with Crippen LogP contribution in [0, 0.1) is 4.77 Å². The molecule has 3 rings (SSSR count). The monoisotopic (exact) mass is 322 g/mol. The molecule has 5 nitrogen and oxygen atoms in total. The molecular formula is C14H18N4OS2. The first kappa shape index (κ1) is 14.5. The fraction of sp³-hybridized carbons (Fsp3) is 0.500. The molecule has 0 bridgehead atoms. The van der Waals surface area contributed by atoms with Crippen LogP contribution in [-0.2, 0) is 11.3 Å². The minimum Gasteiger partial charge on any atom is -0.351 e. The van der Waals surface area contributed by atoms with E-state index in [9.17, 15) is 4.79 Å². The van der Waals surface area contributed by atoms with Crippen molar-refractivity contribution in [2.75, 3.05) is 0 Å². The maximum atomic E-state index is 12.1. The number of H-pyrrole nitrogens is 1. The van der Waals surface area contributed by atoms with Gasteiger partial charge in [0.15, 0.2) is 10.6 Å². The molecule has 0 unspecified atom stereocenters. The average Bonchev–Trinajstić information content (AvgIpc) is 3.04. The summed E-state index contributed by atoms with van der Waals surface area (Å²) in [5, 5.41) is 12.2. The lowest BCUT2D eigenvalue weighted by Gasteiger charge is -2.39. The molecule has 2 aromatic rings. The van der Waals surface area contributed by atoms with Crippen LogP contribution in [0.1, 0.15) is 32.6 Å². The first-order valence-corrected chi connectivity index (χ1v) is 8.36. The lowest BCUT2D eigenvalue weighted by molar-refractivity contribution is -0.124. The summed E-state index contributed by atoms with van der Waals surface area (Å²) in [7, 11) is 0. The molecule has 1 fully saturated rings. The van der Waals surface area contributed by atoms with Crippen molar-refractivity contribution in [3.05, 3.63) is 22.3 Å². The zero-order chi connectivity index (χ0) is 14.9. The van der Waals surface area contributed by atoms with Crippen LogP contribution in [0.25, 0.3) is 10.7 Å². The summed E-state index contributed by atoms with van der Waals surface area (Å²) in [5.74, 6) is 0.884. The molecular weight excluding hydrogens is 304 g/mol. The Labute approximate surface area is 132 Å². The van der Waals surface area contributed by atoms with E-state index >= 15 is 0 Å². The number of carbonyl (C=O) groups excluding carboxylic acids is 1. The van der Waals surface area contributed by atoms with Gasteiger partial charge in [-0.15, -0.1) is 11.3 Å². The Morgan fingerprint density at radius 1 is 1.62 bits per heavy atom. The molecule has 0 spiro atoms. The number of thiophene rings is 1. The number of rotatable bonds is 5. The van der Waals surface area contributed by atoms with Crippen molar-refractivity contribution in [3.63, 3.8) is 0 Å². The van der Waals surface area contributed by atoms with E-state index in [-0.39, 0.29) is 11.4 Å². The Kier molecular flexibility index (Phi) is 3.95. The third-order valence-electron chi connectivity index (χ3n) is 3.96. The molecule has 0 aromatic carbocycles. The number of carbonyl (C=O) groups is 1. The number of hydrogen-bond donors (Lipinski definition) is 2. The Hall–Kier alpha value is -1.47. The Bertz CT molecular complexity index is 682. The Morgan fingerprint density at radius 2 is 2.43 bits per heavy atom. The van der Waals surface area contributed by atoms with E-state index in [1.807, 2.05) is 22.1 Å². The van der Waals surface area contributed by atoms with Crippen molar-refractivity contribution in [2.45, 2.75) is 44.7 Å². The average molecular weight is 322 g/mol. The van der Waals surface area contributed by atoms with Gasteiger partial charge in [0.25, 0.3) is 0 Å². The van der Waals surface area contributed by atoms with Crippen molar-refractivity contribution in [1.29, 1.82) is 0 Å². The zero-order valence-corrected chi connectivity index (χ0v) is 13.5. The molecule has 0 radical (unpaired) electrons. The summed E-state index contributed by atoms with van der Waals surface area (Å²) in [6.45, 7) is 2.65. The van der Waals surface area contributed by atoms with Crippen LogP contribution >= 0.6 is 23.6 Å². The number of nitrogens with one attached hydrogen (secondary N) is 2. The highest BCUT2D eigenvalue weighted by Gasteiger charge is 2.32. The highest BCUT2D eigenvalue weighted by atomic mass is 32.1. The molecule has 7 heteroatoms. The second kappa shape index (κ2) is 5.73. The fourth-order valence-electron chi connectivity index (χ4n) is 2.56. The van der Waals surface area contributed by atoms with Gasteiger partial charge in [-0.2, -0.15) is 5.10 Å². The van der Waals surface area contributed by atoms with Crippen LogP contribution in [0.3, 0.4) is 0 Å². The number of aromatic nitrogens is 3. The van der Waals surface area contributed by atoms with Gasteiger partial charge in [-0.25, -0.2) is 0 Å². The van der Waals surface area contributed by atoms with E-state index in [0.29, 0.717) is 17.7 Å².